The monoisotopic (exact) mass is 442 g/mol. The van der Waals surface area contributed by atoms with Crippen LogP contribution in [0.3, 0.4) is 0 Å². The molecule has 0 bridgehead atoms. The van der Waals surface area contributed by atoms with Crippen molar-refractivity contribution in [1.82, 2.24) is 20.0 Å². The van der Waals surface area contributed by atoms with E-state index in [1.807, 2.05) is 29.7 Å². The van der Waals surface area contributed by atoms with Gasteiger partial charge in [0.15, 0.2) is 5.76 Å². The van der Waals surface area contributed by atoms with Crippen LogP contribution in [0.4, 0.5) is 0 Å². The Morgan fingerprint density at radius 3 is 2.62 bits per heavy atom. The Bertz CT molecular complexity index is 936. The minimum atomic E-state index is -0.0434. The largest absolute Gasteiger partial charge is 0.456 e. The highest BCUT2D eigenvalue weighted by Gasteiger charge is 2.39. The van der Waals surface area contributed by atoms with E-state index in [1.165, 1.54) is 0 Å². The van der Waals surface area contributed by atoms with E-state index in [-0.39, 0.29) is 17.2 Å². The van der Waals surface area contributed by atoms with E-state index < -0.39 is 0 Å². The maximum atomic E-state index is 13.0. The molecule has 0 saturated carbocycles. The van der Waals surface area contributed by atoms with Gasteiger partial charge in [0, 0.05) is 57.4 Å². The fourth-order valence-corrected chi connectivity index (χ4v) is 5.03. The molecule has 2 aromatic heterocycles. The molecular weight excluding hydrogens is 408 g/mol. The molecule has 4 heterocycles. The number of ether oxygens (including phenoxy) is 1. The van der Waals surface area contributed by atoms with Crippen LogP contribution in [0.15, 0.2) is 16.5 Å². The van der Waals surface area contributed by atoms with Crippen LogP contribution in [0.5, 0.6) is 0 Å². The summed E-state index contributed by atoms with van der Waals surface area (Å²) in [4.78, 5) is 29.3. The first-order valence-corrected chi connectivity index (χ1v) is 11.6. The van der Waals surface area contributed by atoms with E-state index in [2.05, 4.69) is 10.2 Å². The van der Waals surface area contributed by atoms with Crippen molar-refractivity contribution < 1.29 is 18.7 Å². The minimum Gasteiger partial charge on any atom is -0.456 e. The lowest BCUT2D eigenvalue weighted by atomic mass is 9.73. The molecule has 2 aliphatic heterocycles. The predicted molar refractivity (Wildman–Crippen MR) is 119 cm³/mol. The van der Waals surface area contributed by atoms with Crippen LogP contribution in [0.1, 0.15) is 65.4 Å². The Hall–Kier alpha value is -2.61. The van der Waals surface area contributed by atoms with Crippen LogP contribution in [0.2, 0.25) is 0 Å². The smallest absolute Gasteiger partial charge is 0.289 e. The first-order valence-electron chi connectivity index (χ1n) is 11.6. The predicted octanol–water partition coefficient (Wildman–Crippen LogP) is 3.09. The van der Waals surface area contributed by atoms with Gasteiger partial charge < -0.3 is 19.0 Å². The fraction of sp³-hybridized carbons (Fsp3) is 0.625. The van der Waals surface area contributed by atoms with Gasteiger partial charge in [-0.1, -0.05) is 0 Å². The number of hydrogen-bond acceptors (Lipinski definition) is 5. The standard InChI is InChI=1S/C24H34N4O4/c1-17-20(18(2)26-25-17)16-19-4-5-21(32-19)23(30)28-12-9-24(10-13-28)7-6-22(29)27(11-8-24)14-15-31-3/h4-5H,6-16H2,1-3H3,(H,25,26). The Balaban J connectivity index is 1.34. The highest BCUT2D eigenvalue weighted by atomic mass is 16.5. The number of aryl methyl sites for hydroxylation is 2. The Morgan fingerprint density at radius 2 is 1.94 bits per heavy atom. The summed E-state index contributed by atoms with van der Waals surface area (Å²) in [5.41, 5.74) is 3.24. The molecule has 2 aliphatic rings. The number of rotatable bonds is 6. The summed E-state index contributed by atoms with van der Waals surface area (Å²) in [7, 11) is 1.66. The molecule has 0 radical (unpaired) electrons. The van der Waals surface area contributed by atoms with Crippen LogP contribution in [-0.4, -0.2) is 71.7 Å². The zero-order chi connectivity index (χ0) is 22.7. The number of nitrogens with zero attached hydrogens (tertiary/aromatic N) is 3. The lowest BCUT2D eigenvalue weighted by Crippen LogP contribution is -2.43. The molecule has 2 fully saturated rings. The first kappa shape index (κ1) is 22.6. The Morgan fingerprint density at radius 1 is 1.19 bits per heavy atom. The highest BCUT2D eigenvalue weighted by molar-refractivity contribution is 5.91. The maximum absolute atomic E-state index is 13.0. The number of furan rings is 1. The molecule has 2 aromatic rings. The summed E-state index contributed by atoms with van der Waals surface area (Å²) in [6, 6.07) is 3.67. The molecule has 32 heavy (non-hydrogen) atoms. The molecule has 8 heteroatoms. The Kier molecular flexibility index (Phi) is 6.69. The molecule has 1 N–H and O–H groups in total. The summed E-state index contributed by atoms with van der Waals surface area (Å²) in [5, 5.41) is 7.22. The summed E-state index contributed by atoms with van der Waals surface area (Å²) in [6.07, 6.45) is 4.99. The van der Waals surface area contributed by atoms with Gasteiger partial charge in [0.2, 0.25) is 5.91 Å². The normalized spacial score (nSPS) is 18.9. The number of carbonyl (C=O) groups excluding carboxylic acids is 2. The molecule has 1 spiro atoms. The molecule has 0 aromatic carbocycles. The molecule has 2 saturated heterocycles. The van der Waals surface area contributed by atoms with Crippen molar-refractivity contribution in [2.75, 3.05) is 39.9 Å². The van der Waals surface area contributed by atoms with Crippen LogP contribution < -0.4 is 0 Å². The Labute approximate surface area is 189 Å². The van der Waals surface area contributed by atoms with Crippen molar-refractivity contribution >= 4 is 11.8 Å². The van der Waals surface area contributed by atoms with Gasteiger partial charge in [-0.2, -0.15) is 5.10 Å². The number of nitrogens with one attached hydrogen (secondary N) is 1. The van der Waals surface area contributed by atoms with E-state index in [0.717, 1.165) is 54.9 Å². The molecule has 4 rings (SSSR count). The van der Waals surface area contributed by atoms with Crippen molar-refractivity contribution in [3.8, 4) is 0 Å². The highest BCUT2D eigenvalue weighted by Crippen LogP contribution is 2.41. The second-order valence-corrected chi connectivity index (χ2v) is 9.27. The number of H-pyrrole nitrogens is 1. The minimum absolute atomic E-state index is 0.0434. The van der Waals surface area contributed by atoms with Crippen LogP contribution >= 0.6 is 0 Å². The number of likely N-dealkylation sites (tertiary alicyclic amines) is 2. The molecule has 8 nitrogen and oxygen atoms in total. The summed E-state index contributed by atoms with van der Waals surface area (Å²) >= 11 is 0. The number of aromatic nitrogens is 2. The number of piperidine rings is 1. The van der Waals surface area contributed by atoms with Gasteiger partial charge >= 0.3 is 0 Å². The molecule has 174 valence electrons. The third kappa shape index (κ3) is 4.75. The van der Waals surface area contributed by atoms with E-state index >= 15 is 0 Å². The van der Waals surface area contributed by atoms with Gasteiger partial charge in [0.25, 0.3) is 5.91 Å². The average Bonchev–Trinajstić information content (AvgIpc) is 3.36. The van der Waals surface area contributed by atoms with Crippen LogP contribution in [-0.2, 0) is 16.0 Å². The molecule has 0 aliphatic carbocycles. The van der Waals surface area contributed by atoms with Gasteiger partial charge in [0.1, 0.15) is 5.76 Å². The number of aromatic amines is 1. The zero-order valence-corrected chi connectivity index (χ0v) is 19.4. The number of methoxy groups -OCH3 is 1. The topological polar surface area (TPSA) is 91.7 Å². The third-order valence-electron chi connectivity index (χ3n) is 7.31. The second-order valence-electron chi connectivity index (χ2n) is 9.27. The summed E-state index contributed by atoms with van der Waals surface area (Å²) in [6.45, 7) is 7.40. The van der Waals surface area contributed by atoms with Gasteiger partial charge in [-0.05, 0) is 57.1 Å². The van der Waals surface area contributed by atoms with Crippen LogP contribution in [0.25, 0.3) is 0 Å². The molecule has 0 atom stereocenters. The van der Waals surface area contributed by atoms with Crippen molar-refractivity contribution in [1.29, 1.82) is 0 Å². The van der Waals surface area contributed by atoms with Crippen molar-refractivity contribution in [2.45, 2.75) is 52.4 Å². The van der Waals surface area contributed by atoms with E-state index in [1.54, 1.807) is 13.2 Å². The fourth-order valence-electron chi connectivity index (χ4n) is 5.03. The lowest BCUT2D eigenvalue weighted by Gasteiger charge is -2.41. The summed E-state index contributed by atoms with van der Waals surface area (Å²) < 4.78 is 11.1. The summed E-state index contributed by atoms with van der Waals surface area (Å²) in [5.74, 6) is 1.35. The van der Waals surface area contributed by atoms with E-state index in [0.29, 0.717) is 44.8 Å². The van der Waals surface area contributed by atoms with Crippen LogP contribution in [0, 0.1) is 19.3 Å². The van der Waals surface area contributed by atoms with Crippen molar-refractivity contribution in [3.63, 3.8) is 0 Å². The average molecular weight is 443 g/mol. The zero-order valence-electron chi connectivity index (χ0n) is 19.4. The number of carbonyl (C=O) groups is 2. The van der Waals surface area contributed by atoms with Gasteiger partial charge in [-0.3, -0.25) is 14.7 Å². The quantitative estimate of drug-likeness (QED) is 0.742. The van der Waals surface area contributed by atoms with Crippen molar-refractivity contribution in [2.24, 2.45) is 5.41 Å². The van der Waals surface area contributed by atoms with Gasteiger partial charge in [-0.25, -0.2) is 0 Å². The lowest BCUT2D eigenvalue weighted by molar-refractivity contribution is -0.131. The third-order valence-corrected chi connectivity index (χ3v) is 7.31. The molecule has 0 unspecified atom stereocenters. The molecular formula is C24H34N4O4. The SMILES string of the molecule is COCCN1CCC2(CCC1=O)CCN(C(=O)c1ccc(Cc3c(C)n[nH]c3C)o1)CC2. The van der Waals surface area contributed by atoms with Crippen molar-refractivity contribution in [3.05, 3.63) is 40.6 Å². The van der Waals surface area contributed by atoms with E-state index in [4.69, 9.17) is 9.15 Å². The first-order chi connectivity index (χ1) is 15.4. The number of amides is 2. The molecule has 2 amide bonds. The maximum Gasteiger partial charge on any atom is 0.289 e. The van der Waals surface area contributed by atoms with E-state index in [9.17, 15) is 9.59 Å². The van der Waals surface area contributed by atoms with Gasteiger partial charge in [-0.15, -0.1) is 0 Å². The van der Waals surface area contributed by atoms with Gasteiger partial charge in [0.05, 0.1) is 12.3 Å². The second kappa shape index (κ2) is 9.48. The number of hydrogen-bond donors (Lipinski definition) is 1.